The topological polar surface area (TPSA) is 330 Å². The van der Waals surface area contributed by atoms with Crippen LogP contribution in [0.5, 0.6) is 0 Å². The van der Waals surface area contributed by atoms with E-state index in [-0.39, 0.29) is 98.9 Å². The number of benzene rings is 2. The smallest absolute Gasteiger partial charge is 0.410 e. The van der Waals surface area contributed by atoms with Gasteiger partial charge in [-0.15, -0.1) is 0 Å². The number of nitrogens with zero attached hydrogens (tertiary/aromatic N) is 4. The highest BCUT2D eigenvalue weighted by Crippen LogP contribution is 2.35. The number of anilines is 1. The first-order chi connectivity index (χ1) is 52.1. The Hall–Kier alpha value is -7.43. The third-order valence-electron chi connectivity index (χ3n) is 22.2. The molecule has 0 saturated carbocycles. The number of carbonyl (C=O) groups is 10. The molecule has 0 aliphatic carbocycles. The zero-order valence-electron chi connectivity index (χ0n) is 68.5. The van der Waals surface area contributed by atoms with Gasteiger partial charge in [0.2, 0.25) is 47.3 Å². The average molecular weight is 1560 g/mol. The summed E-state index contributed by atoms with van der Waals surface area (Å²) >= 11 is 0. The zero-order chi connectivity index (χ0) is 82.1. The first-order valence-electron chi connectivity index (χ1n) is 40.3. The Kier molecular flexibility index (Phi) is 41.3. The lowest BCUT2D eigenvalue weighted by Gasteiger charge is -2.41. The number of alkyl halides is 3. The molecule has 0 bridgehead atoms. The van der Waals surface area contributed by atoms with Crippen molar-refractivity contribution in [2.75, 3.05) is 53.3 Å². The minimum atomic E-state index is -4.77. The maximum absolute atomic E-state index is 14.9. The monoisotopic (exact) mass is 1550 g/mol. The van der Waals surface area contributed by atoms with Crippen LogP contribution in [0.1, 0.15) is 235 Å². The largest absolute Gasteiger partial charge is 0.445 e. The van der Waals surface area contributed by atoms with Crippen LogP contribution in [-0.4, -0.2) is 199 Å². The standard InChI is InChI=1S/C82H134F3N11O14/c1-17-20-21-22-23-24-25-28-35-58(19-3)61-48-66(97)96(78(61)104)46-32-27-31-40-65(82(83,84)85)91-68(51(4)5)76(102)90-62(38-33-45-87-80(86)106)75(101)89-60-43-41-57(42-44-60)50-110-81(107)94(14)70(53(8)9)77(103)92-69(52(6)7)79(105)93(13)71(54(10)18-2)64(108-15)49-67(98)95-47-34-39-63(95)73(109-16)55(11)74(100)88-56(12)72(99)59-36-29-26-30-37-59/h26,29-30,36-37,41-44,51-56,58,61-65,68-73,91,99H,17-25,27-28,31-35,38-40,45-50H2,1-16H3,(H,88,100)(H,89,101)(H,90,102)(H,92,103)(H3,86,87,106)/t54-,55+,56+,58?,61?,62-,63-,64+,65+,68-,69-,70-,71-,72+,73+/m0/s1. The summed E-state index contributed by atoms with van der Waals surface area (Å²) in [5.74, 6) is -6.48. The number of urea groups is 1. The number of ether oxygens (including phenoxy) is 3. The van der Waals surface area contributed by atoms with Crippen molar-refractivity contribution in [2.45, 2.75) is 297 Å². The number of hydrogen-bond donors (Lipinski definition) is 8. The van der Waals surface area contributed by atoms with Gasteiger partial charge in [-0.05, 0) is 105 Å². The number of likely N-dealkylation sites (N-methyl/N-ethyl adjacent to an activating group) is 2. The number of nitrogens with two attached hydrogens (primary N) is 1. The van der Waals surface area contributed by atoms with Gasteiger partial charge in [0.25, 0.3) is 0 Å². The van der Waals surface area contributed by atoms with Gasteiger partial charge in [0, 0.05) is 60.1 Å². The van der Waals surface area contributed by atoms with Crippen molar-refractivity contribution in [3.05, 3.63) is 65.7 Å². The number of primary amides is 1. The molecule has 2 heterocycles. The van der Waals surface area contributed by atoms with Crippen molar-refractivity contribution in [2.24, 2.45) is 47.2 Å². The van der Waals surface area contributed by atoms with Crippen LogP contribution in [0.15, 0.2) is 54.6 Å². The number of aliphatic hydroxyl groups excluding tert-OH is 1. The molecule has 2 aliphatic rings. The maximum Gasteiger partial charge on any atom is 0.410 e. The van der Waals surface area contributed by atoms with E-state index >= 15 is 0 Å². The van der Waals surface area contributed by atoms with E-state index in [0.29, 0.717) is 49.8 Å². The van der Waals surface area contributed by atoms with Crippen molar-refractivity contribution < 1.29 is 80.4 Å². The molecule has 622 valence electrons. The molecule has 25 nitrogen and oxygen atoms in total. The summed E-state index contributed by atoms with van der Waals surface area (Å²) in [6.07, 6.45) is 5.21. The van der Waals surface area contributed by atoms with Crippen molar-refractivity contribution >= 4 is 65.1 Å². The van der Waals surface area contributed by atoms with Crippen LogP contribution < -0.4 is 37.6 Å². The van der Waals surface area contributed by atoms with Gasteiger partial charge in [-0.25, -0.2) is 9.59 Å². The molecule has 15 atom stereocenters. The maximum atomic E-state index is 14.9. The fraction of sp³-hybridized carbons (Fsp3) is 0.732. The number of carbonyl (C=O) groups excluding carboxylic acids is 10. The number of hydrogen-bond acceptors (Lipinski definition) is 15. The van der Waals surface area contributed by atoms with Crippen LogP contribution >= 0.6 is 0 Å². The summed E-state index contributed by atoms with van der Waals surface area (Å²) in [5.41, 5.74) is 6.65. The Balaban J connectivity index is 1.37. The van der Waals surface area contributed by atoms with E-state index < -0.39 is 139 Å². The number of nitrogens with one attached hydrogen (secondary N) is 6. The van der Waals surface area contributed by atoms with Gasteiger partial charge in [-0.3, -0.25) is 53.5 Å². The Morgan fingerprint density at radius 3 is 1.87 bits per heavy atom. The van der Waals surface area contributed by atoms with E-state index in [4.69, 9.17) is 19.9 Å². The second kappa shape index (κ2) is 47.8. The summed E-state index contributed by atoms with van der Waals surface area (Å²) in [6, 6.07) is 5.61. The molecule has 2 unspecified atom stereocenters. The Morgan fingerprint density at radius 2 is 1.30 bits per heavy atom. The molecule has 0 aromatic heterocycles. The summed E-state index contributed by atoms with van der Waals surface area (Å²) in [6.45, 7) is 22.1. The normalized spacial score (nSPS) is 18.3. The fourth-order valence-corrected chi connectivity index (χ4v) is 15.4. The average Bonchev–Trinajstić information content (AvgIpc) is 1.44. The van der Waals surface area contributed by atoms with Gasteiger partial charge in [-0.2, -0.15) is 13.2 Å². The summed E-state index contributed by atoms with van der Waals surface area (Å²) in [5, 5.41) is 27.2. The second-order valence-corrected chi connectivity index (χ2v) is 31.5. The number of rotatable bonds is 50. The van der Waals surface area contributed by atoms with Gasteiger partial charge in [0.1, 0.15) is 30.8 Å². The molecular weight excluding hydrogens is 1420 g/mol. The molecule has 0 spiro atoms. The van der Waals surface area contributed by atoms with Crippen LogP contribution in [0.4, 0.5) is 28.4 Å². The first-order valence-corrected chi connectivity index (χ1v) is 40.3. The second-order valence-electron chi connectivity index (χ2n) is 31.5. The van der Waals surface area contributed by atoms with Gasteiger partial charge in [0.05, 0.1) is 60.7 Å². The number of methoxy groups -OCH3 is 2. The van der Waals surface area contributed by atoms with Crippen molar-refractivity contribution in [3.63, 3.8) is 0 Å². The minimum absolute atomic E-state index is 0.0205. The van der Waals surface area contributed by atoms with E-state index in [1.54, 1.807) is 91.6 Å². The third kappa shape index (κ3) is 29.3. The van der Waals surface area contributed by atoms with Gasteiger partial charge in [-0.1, -0.05) is 196 Å². The predicted octanol–water partition coefficient (Wildman–Crippen LogP) is 11.5. The van der Waals surface area contributed by atoms with Crippen LogP contribution in [0.3, 0.4) is 0 Å². The quantitative estimate of drug-likeness (QED) is 0.0225. The molecule has 9 N–H and O–H groups in total. The highest BCUT2D eigenvalue weighted by atomic mass is 19.4. The Bertz CT molecular complexity index is 3190. The molecule has 11 amide bonds. The molecule has 2 aromatic carbocycles. The van der Waals surface area contributed by atoms with Crippen molar-refractivity contribution in [1.29, 1.82) is 0 Å². The number of unbranched alkanes of at least 4 members (excludes halogenated alkanes) is 9. The van der Waals surface area contributed by atoms with Crippen LogP contribution in [0.25, 0.3) is 0 Å². The van der Waals surface area contributed by atoms with Crippen LogP contribution in [-0.2, 0) is 59.2 Å². The van der Waals surface area contributed by atoms with Crippen molar-refractivity contribution in [1.82, 2.24) is 46.2 Å². The van der Waals surface area contributed by atoms with Gasteiger partial charge >= 0.3 is 18.3 Å². The van der Waals surface area contributed by atoms with E-state index in [9.17, 15) is 66.2 Å². The van der Waals surface area contributed by atoms with Crippen LogP contribution in [0.2, 0.25) is 0 Å². The highest BCUT2D eigenvalue weighted by Gasteiger charge is 2.47. The Labute approximate surface area is 652 Å². The Morgan fingerprint density at radius 1 is 0.682 bits per heavy atom. The third-order valence-corrected chi connectivity index (χ3v) is 22.2. The summed E-state index contributed by atoms with van der Waals surface area (Å²) < 4.78 is 62.2. The SMILES string of the molecule is CCCCCCCCCCC(CC)C1CC(=O)N(CCCCC[C@@H](N[C@H](C(=O)N[C@@H](CCCNC(N)=O)C(=O)Nc2ccc(COC(=O)N(C)[C@H](C(=O)N[C@H](C(=O)N(C)[C@@H]([C@@H](C)CC)[C@@H](CC(=O)N3CCC[C@H]3[C@H](OC)[C@@H](C)C(=O)N[C@H](C)[C@@H](O)c3ccccc3)OC)C(C)C)C(C)C)cc2)C(C)C)C(F)(F)F)C1=O. The molecule has 2 aliphatic heterocycles. The number of likely N-dealkylation sites (tertiary alicyclic amines) is 2. The lowest BCUT2D eigenvalue weighted by molar-refractivity contribution is -0.161. The number of halogens is 3. The lowest BCUT2D eigenvalue weighted by atomic mass is 9.84. The van der Waals surface area contributed by atoms with Crippen molar-refractivity contribution in [3.8, 4) is 0 Å². The lowest BCUT2D eigenvalue weighted by Crippen LogP contribution is -2.60. The fourth-order valence-electron chi connectivity index (χ4n) is 15.4. The number of imide groups is 1. The van der Waals surface area contributed by atoms with E-state index in [0.717, 1.165) is 37.0 Å². The molecule has 2 saturated heterocycles. The molecular formula is C82H134F3N11O14. The molecule has 28 heteroatoms. The van der Waals surface area contributed by atoms with Crippen LogP contribution in [0, 0.1) is 41.4 Å². The summed E-state index contributed by atoms with van der Waals surface area (Å²) in [7, 11) is 6.03. The van der Waals surface area contributed by atoms with E-state index in [1.807, 2.05) is 39.0 Å². The zero-order valence-corrected chi connectivity index (χ0v) is 68.5. The van der Waals surface area contributed by atoms with E-state index in [2.05, 4.69) is 38.8 Å². The number of aliphatic hydroxyl groups is 1. The molecule has 2 aromatic rings. The van der Waals surface area contributed by atoms with Gasteiger partial charge < -0.3 is 61.4 Å². The van der Waals surface area contributed by atoms with E-state index in [1.165, 1.54) is 75.3 Å². The molecule has 2 fully saturated rings. The molecule has 0 radical (unpaired) electrons. The van der Waals surface area contributed by atoms with Gasteiger partial charge in [0.15, 0.2) is 0 Å². The predicted molar refractivity (Wildman–Crippen MR) is 418 cm³/mol. The highest BCUT2D eigenvalue weighted by molar-refractivity contribution is 6.03. The number of amides is 11. The first kappa shape index (κ1) is 94.9. The molecule has 110 heavy (non-hydrogen) atoms. The minimum Gasteiger partial charge on any atom is -0.445 e. The summed E-state index contributed by atoms with van der Waals surface area (Å²) in [4.78, 5) is 143. The molecule has 4 rings (SSSR count).